The second-order valence-corrected chi connectivity index (χ2v) is 5.02. The molecule has 1 heterocycles. The van der Waals surface area contributed by atoms with Gasteiger partial charge in [0.25, 0.3) is 0 Å². The van der Waals surface area contributed by atoms with E-state index >= 15 is 0 Å². The zero-order chi connectivity index (χ0) is 15.5. The number of aryl methyl sites for hydroxylation is 1. The summed E-state index contributed by atoms with van der Waals surface area (Å²) in [6.07, 6.45) is 0. The first-order valence-electron chi connectivity index (χ1n) is 7.26. The maximum Gasteiger partial charge on any atom is 0.132 e. The van der Waals surface area contributed by atoms with Crippen molar-refractivity contribution in [3.8, 4) is 11.5 Å². The zero-order valence-electron chi connectivity index (χ0n) is 12.7. The summed E-state index contributed by atoms with van der Waals surface area (Å²) in [7, 11) is 1.63. The molecule has 1 aromatic heterocycles. The topological polar surface area (TPSA) is 23.4 Å². The Bertz CT molecular complexity index is 778. The number of aromatic nitrogens is 1. The van der Waals surface area contributed by atoms with Crippen LogP contribution in [0.3, 0.4) is 0 Å². The molecule has 114 valence electrons. The Morgan fingerprint density at radius 3 is 2.45 bits per heavy atom. The van der Waals surface area contributed by atoms with Gasteiger partial charge in [-0.1, -0.05) is 6.07 Å². The minimum atomic E-state index is -0.199. The molecule has 3 aromatic rings. The van der Waals surface area contributed by atoms with Gasteiger partial charge in [0.2, 0.25) is 0 Å². The molecule has 0 aliphatic rings. The lowest BCUT2D eigenvalue weighted by atomic mass is 10.2. The van der Waals surface area contributed by atoms with Crippen molar-refractivity contribution < 1.29 is 13.9 Å². The molecule has 3 rings (SSSR count). The summed E-state index contributed by atoms with van der Waals surface area (Å²) in [5.41, 5.74) is 1.86. The summed E-state index contributed by atoms with van der Waals surface area (Å²) in [6, 6.07) is 14.4. The summed E-state index contributed by atoms with van der Waals surface area (Å²) < 4.78 is 26.9. The van der Waals surface area contributed by atoms with E-state index in [0.717, 1.165) is 29.3 Å². The van der Waals surface area contributed by atoms with Crippen LogP contribution in [0.15, 0.2) is 48.5 Å². The molecular weight excluding hydrogens is 281 g/mol. The van der Waals surface area contributed by atoms with Crippen LogP contribution in [0.4, 0.5) is 4.39 Å². The van der Waals surface area contributed by atoms with Crippen LogP contribution in [0, 0.1) is 5.82 Å². The van der Waals surface area contributed by atoms with Gasteiger partial charge in [0.15, 0.2) is 0 Å². The lowest BCUT2D eigenvalue weighted by Gasteiger charge is -2.10. The Morgan fingerprint density at radius 1 is 1.05 bits per heavy atom. The summed E-state index contributed by atoms with van der Waals surface area (Å²) in [6.45, 7) is 3.21. The Hall–Kier alpha value is -2.49. The molecule has 0 radical (unpaired) electrons. The monoisotopic (exact) mass is 299 g/mol. The fourth-order valence-electron chi connectivity index (χ4n) is 2.63. The number of hydrogen-bond acceptors (Lipinski definition) is 2. The van der Waals surface area contributed by atoms with E-state index in [4.69, 9.17) is 9.47 Å². The van der Waals surface area contributed by atoms with E-state index < -0.39 is 0 Å². The zero-order valence-corrected chi connectivity index (χ0v) is 12.7. The van der Waals surface area contributed by atoms with E-state index in [1.807, 2.05) is 43.3 Å². The fraction of sp³-hybridized carbons (Fsp3) is 0.222. The van der Waals surface area contributed by atoms with Crippen LogP contribution in [-0.2, 0) is 13.2 Å². The Morgan fingerprint density at radius 2 is 1.77 bits per heavy atom. The minimum Gasteiger partial charge on any atom is -0.497 e. The van der Waals surface area contributed by atoms with Gasteiger partial charge in [0.1, 0.15) is 23.9 Å². The molecule has 22 heavy (non-hydrogen) atoms. The number of rotatable bonds is 5. The smallest absolute Gasteiger partial charge is 0.132 e. The normalized spacial score (nSPS) is 10.9. The van der Waals surface area contributed by atoms with Crippen LogP contribution >= 0.6 is 0 Å². The number of hydrogen-bond donors (Lipinski definition) is 0. The number of methoxy groups -OCH3 is 1. The third-order valence-corrected chi connectivity index (χ3v) is 3.74. The van der Waals surface area contributed by atoms with Crippen molar-refractivity contribution in [3.05, 3.63) is 60.0 Å². The maximum atomic E-state index is 13.9. The highest BCUT2D eigenvalue weighted by molar-refractivity contribution is 5.82. The standard InChI is InChI=1S/C18H18FNO2/c1-3-20-13(11-16-17(19)5-4-6-18(16)20)12-22-15-9-7-14(21-2)8-10-15/h4-11H,3,12H2,1-2H3. The number of benzene rings is 2. The number of fused-ring (bicyclic) bond motifs is 1. The van der Waals surface area contributed by atoms with Crippen LogP contribution in [0.2, 0.25) is 0 Å². The van der Waals surface area contributed by atoms with Gasteiger partial charge in [0, 0.05) is 11.9 Å². The van der Waals surface area contributed by atoms with E-state index in [2.05, 4.69) is 4.57 Å². The molecule has 0 amide bonds. The molecule has 3 nitrogen and oxygen atoms in total. The molecular formula is C18H18FNO2. The first-order chi connectivity index (χ1) is 10.7. The molecule has 4 heteroatoms. The van der Waals surface area contributed by atoms with Crippen molar-refractivity contribution in [2.75, 3.05) is 7.11 Å². The van der Waals surface area contributed by atoms with Gasteiger partial charge in [-0.05, 0) is 49.4 Å². The van der Waals surface area contributed by atoms with Crippen molar-refractivity contribution in [2.24, 2.45) is 0 Å². The fourth-order valence-corrected chi connectivity index (χ4v) is 2.63. The van der Waals surface area contributed by atoms with Gasteiger partial charge in [-0.25, -0.2) is 4.39 Å². The third-order valence-electron chi connectivity index (χ3n) is 3.74. The van der Waals surface area contributed by atoms with E-state index in [1.54, 1.807) is 13.2 Å². The summed E-state index contributed by atoms with van der Waals surface area (Å²) >= 11 is 0. The predicted molar refractivity (Wildman–Crippen MR) is 84.9 cm³/mol. The maximum absolute atomic E-state index is 13.9. The second-order valence-electron chi connectivity index (χ2n) is 5.02. The molecule has 0 aliphatic carbocycles. The Kier molecular flexibility index (Phi) is 4.00. The average Bonchev–Trinajstić information content (AvgIpc) is 2.92. The van der Waals surface area contributed by atoms with Crippen molar-refractivity contribution >= 4 is 10.9 Å². The molecule has 0 atom stereocenters. The molecule has 0 saturated carbocycles. The van der Waals surface area contributed by atoms with E-state index in [-0.39, 0.29) is 5.82 Å². The highest BCUT2D eigenvalue weighted by Crippen LogP contribution is 2.24. The largest absolute Gasteiger partial charge is 0.497 e. The van der Waals surface area contributed by atoms with E-state index in [1.165, 1.54) is 6.07 Å². The van der Waals surface area contributed by atoms with Gasteiger partial charge >= 0.3 is 0 Å². The van der Waals surface area contributed by atoms with E-state index in [0.29, 0.717) is 12.0 Å². The van der Waals surface area contributed by atoms with Gasteiger partial charge < -0.3 is 14.0 Å². The summed E-state index contributed by atoms with van der Waals surface area (Å²) in [5.74, 6) is 1.35. The second kappa shape index (κ2) is 6.10. The van der Waals surface area contributed by atoms with Crippen molar-refractivity contribution in [3.63, 3.8) is 0 Å². The molecule has 0 bridgehead atoms. The predicted octanol–water partition coefficient (Wildman–Crippen LogP) is 4.39. The average molecular weight is 299 g/mol. The number of halogens is 1. The van der Waals surface area contributed by atoms with Crippen LogP contribution in [0.25, 0.3) is 10.9 Å². The van der Waals surface area contributed by atoms with Gasteiger partial charge in [-0.3, -0.25) is 0 Å². The third kappa shape index (κ3) is 2.64. The molecule has 2 aromatic carbocycles. The van der Waals surface area contributed by atoms with Crippen molar-refractivity contribution in [2.45, 2.75) is 20.1 Å². The minimum absolute atomic E-state index is 0.199. The first-order valence-corrected chi connectivity index (χ1v) is 7.26. The summed E-state index contributed by atoms with van der Waals surface area (Å²) in [4.78, 5) is 0. The molecule has 0 unspecified atom stereocenters. The summed E-state index contributed by atoms with van der Waals surface area (Å²) in [5, 5.41) is 0.637. The molecule has 0 fully saturated rings. The number of nitrogens with zero attached hydrogens (tertiary/aromatic N) is 1. The highest BCUT2D eigenvalue weighted by atomic mass is 19.1. The van der Waals surface area contributed by atoms with Gasteiger partial charge in [0.05, 0.1) is 18.3 Å². The molecule has 0 aliphatic heterocycles. The lowest BCUT2D eigenvalue weighted by Crippen LogP contribution is -2.04. The van der Waals surface area contributed by atoms with Crippen molar-refractivity contribution in [1.82, 2.24) is 4.57 Å². The quantitative estimate of drug-likeness (QED) is 0.697. The SMILES string of the molecule is CCn1c(COc2ccc(OC)cc2)cc2c(F)cccc21. The van der Waals surface area contributed by atoms with E-state index in [9.17, 15) is 4.39 Å². The van der Waals surface area contributed by atoms with Gasteiger partial charge in [-0.2, -0.15) is 0 Å². The first kappa shape index (κ1) is 14.4. The number of ether oxygens (including phenoxy) is 2. The molecule has 0 N–H and O–H groups in total. The highest BCUT2D eigenvalue weighted by Gasteiger charge is 2.11. The van der Waals surface area contributed by atoms with Gasteiger partial charge in [-0.15, -0.1) is 0 Å². The lowest BCUT2D eigenvalue weighted by molar-refractivity contribution is 0.295. The molecule has 0 saturated heterocycles. The van der Waals surface area contributed by atoms with Crippen LogP contribution in [-0.4, -0.2) is 11.7 Å². The van der Waals surface area contributed by atoms with Crippen LogP contribution < -0.4 is 9.47 Å². The molecule has 0 spiro atoms. The van der Waals surface area contributed by atoms with Crippen LogP contribution in [0.5, 0.6) is 11.5 Å². The van der Waals surface area contributed by atoms with Crippen molar-refractivity contribution in [1.29, 1.82) is 0 Å². The Balaban J connectivity index is 1.85. The van der Waals surface area contributed by atoms with Crippen LogP contribution in [0.1, 0.15) is 12.6 Å². The Labute approximate surface area is 128 Å².